The Labute approximate surface area is 134 Å². The molecule has 1 aromatic carbocycles. The Kier molecular flexibility index (Phi) is 5.63. The van der Waals surface area contributed by atoms with Gasteiger partial charge in [-0.15, -0.1) is 0 Å². The summed E-state index contributed by atoms with van der Waals surface area (Å²) < 4.78 is 10.4. The van der Waals surface area contributed by atoms with Gasteiger partial charge in [0.1, 0.15) is 11.9 Å². The monoisotopic (exact) mass is 326 g/mol. The number of rotatable bonds is 5. The zero-order valence-electron chi connectivity index (χ0n) is 12.6. The average Bonchev–Trinajstić information content (AvgIpc) is 3.02. The van der Waals surface area contributed by atoms with Crippen LogP contribution in [-0.2, 0) is 14.3 Å². The second-order valence-electron chi connectivity index (χ2n) is 5.07. The van der Waals surface area contributed by atoms with Gasteiger partial charge >= 0.3 is 0 Å². The predicted molar refractivity (Wildman–Crippen MR) is 83.4 cm³/mol. The Morgan fingerprint density at radius 2 is 2.23 bits per heavy atom. The molecule has 2 rings (SSSR count). The van der Waals surface area contributed by atoms with Gasteiger partial charge in [-0.25, -0.2) is 0 Å². The number of aryl methyl sites for hydroxylation is 1. The van der Waals surface area contributed by atoms with Crippen molar-refractivity contribution in [1.82, 2.24) is 5.32 Å². The average molecular weight is 327 g/mol. The Balaban J connectivity index is 1.91. The summed E-state index contributed by atoms with van der Waals surface area (Å²) in [6.45, 7) is 2.30. The van der Waals surface area contributed by atoms with Crippen LogP contribution in [0.2, 0.25) is 5.02 Å². The first-order valence-corrected chi connectivity index (χ1v) is 7.42. The summed E-state index contributed by atoms with van der Waals surface area (Å²) in [5, 5.41) is 5.82. The van der Waals surface area contributed by atoms with E-state index in [4.69, 9.17) is 21.1 Å². The van der Waals surface area contributed by atoms with Crippen LogP contribution in [0.4, 0.5) is 5.69 Å². The van der Waals surface area contributed by atoms with Crippen LogP contribution in [0.15, 0.2) is 12.1 Å². The lowest BCUT2D eigenvalue weighted by atomic mass is 10.2. The molecule has 1 aromatic rings. The van der Waals surface area contributed by atoms with E-state index in [1.807, 2.05) is 6.92 Å². The molecule has 22 heavy (non-hydrogen) atoms. The molecule has 7 heteroatoms. The maximum Gasteiger partial charge on any atom is 0.249 e. The van der Waals surface area contributed by atoms with Gasteiger partial charge in [0.25, 0.3) is 0 Å². The van der Waals surface area contributed by atoms with Crippen molar-refractivity contribution in [3.8, 4) is 5.75 Å². The number of ether oxygens (including phenoxy) is 2. The molecular formula is C15H19ClN2O4. The molecule has 0 aromatic heterocycles. The van der Waals surface area contributed by atoms with Gasteiger partial charge in [0.05, 0.1) is 19.3 Å². The van der Waals surface area contributed by atoms with Gasteiger partial charge in [-0.1, -0.05) is 11.6 Å². The number of halogens is 1. The van der Waals surface area contributed by atoms with Crippen LogP contribution in [0.25, 0.3) is 0 Å². The van der Waals surface area contributed by atoms with E-state index in [0.717, 1.165) is 12.0 Å². The minimum absolute atomic E-state index is 0.122. The minimum atomic E-state index is -0.444. The largest absolute Gasteiger partial charge is 0.495 e. The van der Waals surface area contributed by atoms with E-state index in [2.05, 4.69) is 10.6 Å². The fraction of sp³-hybridized carbons (Fsp3) is 0.467. The second kappa shape index (κ2) is 7.47. The Morgan fingerprint density at radius 3 is 2.86 bits per heavy atom. The molecule has 120 valence electrons. The van der Waals surface area contributed by atoms with Crippen LogP contribution in [0.3, 0.4) is 0 Å². The van der Waals surface area contributed by atoms with E-state index >= 15 is 0 Å². The zero-order valence-corrected chi connectivity index (χ0v) is 13.3. The van der Waals surface area contributed by atoms with E-state index < -0.39 is 6.10 Å². The summed E-state index contributed by atoms with van der Waals surface area (Å²) in [7, 11) is 1.50. The van der Waals surface area contributed by atoms with Crippen LogP contribution < -0.4 is 15.4 Å². The molecule has 1 aliphatic rings. The Hall–Kier alpha value is -1.79. The predicted octanol–water partition coefficient (Wildman–Crippen LogP) is 1.89. The summed E-state index contributed by atoms with van der Waals surface area (Å²) in [5.41, 5.74) is 1.34. The van der Waals surface area contributed by atoms with Crippen molar-refractivity contribution in [3.63, 3.8) is 0 Å². The maximum absolute atomic E-state index is 11.9. The summed E-state index contributed by atoms with van der Waals surface area (Å²) >= 11 is 6.01. The number of carbonyl (C=O) groups excluding carboxylic acids is 2. The lowest BCUT2D eigenvalue weighted by Crippen LogP contribution is -2.39. The number of nitrogens with one attached hydrogen (secondary N) is 2. The van der Waals surface area contributed by atoms with Crippen molar-refractivity contribution in [3.05, 3.63) is 22.7 Å². The van der Waals surface area contributed by atoms with Crippen LogP contribution in [0.1, 0.15) is 18.4 Å². The highest BCUT2D eigenvalue weighted by atomic mass is 35.5. The molecule has 1 heterocycles. The molecule has 0 aliphatic carbocycles. The fourth-order valence-electron chi connectivity index (χ4n) is 2.19. The van der Waals surface area contributed by atoms with E-state index in [1.165, 1.54) is 7.11 Å². The van der Waals surface area contributed by atoms with Crippen LogP contribution >= 0.6 is 11.6 Å². The molecule has 1 aliphatic heterocycles. The molecule has 0 saturated carbocycles. The summed E-state index contributed by atoms with van der Waals surface area (Å²) in [6.07, 6.45) is 1.11. The third kappa shape index (κ3) is 4.11. The SMILES string of the molecule is COc1cc(Cl)c(C)cc1NC(=O)CNC(=O)C1CCCO1. The van der Waals surface area contributed by atoms with E-state index in [0.29, 0.717) is 29.5 Å². The molecule has 0 spiro atoms. The topological polar surface area (TPSA) is 76.7 Å². The summed E-state index contributed by atoms with van der Waals surface area (Å²) in [5.74, 6) is -0.132. The highest BCUT2D eigenvalue weighted by molar-refractivity contribution is 6.31. The van der Waals surface area contributed by atoms with Crippen LogP contribution in [0.5, 0.6) is 5.75 Å². The highest BCUT2D eigenvalue weighted by Gasteiger charge is 2.23. The third-order valence-electron chi connectivity index (χ3n) is 3.40. The minimum Gasteiger partial charge on any atom is -0.495 e. The van der Waals surface area contributed by atoms with Crippen molar-refractivity contribution in [2.24, 2.45) is 0 Å². The Bertz CT molecular complexity index is 571. The van der Waals surface area contributed by atoms with E-state index in [9.17, 15) is 9.59 Å². The molecule has 0 bridgehead atoms. The van der Waals surface area contributed by atoms with E-state index in [-0.39, 0.29) is 18.4 Å². The molecule has 1 saturated heterocycles. The number of anilines is 1. The van der Waals surface area contributed by atoms with Crippen molar-refractivity contribution in [2.45, 2.75) is 25.9 Å². The molecular weight excluding hydrogens is 308 g/mol. The van der Waals surface area contributed by atoms with Crippen molar-refractivity contribution >= 4 is 29.1 Å². The molecule has 2 amide bonds. The van der Waals surface area contributed by atoms with Gasteiger partial charge in [-0.05, 0) is 31.4 Å². The Morgan fingerprint density at radius 1 is 1.45 bits per heavy atom. The van der Waals surface area contributed by atoms with Crippen molar-refractivity contribution in [2.75, 3.05) is 25.6 Å². The van der Waals surface area contributed by atoms with Gasteiger partial charge in [0, 0.05) is 17.7 Å². The van der Waals surface area contributed by atoms with Crippen LogP contribution in [0, 0.1) is 6.92 Å². The highest BCUT2D eigenvalue weighted by Crippen LogP contribution is 2.30. The third-order valence-corrected chi connectivity index (χ3v) is 3.81. The van der Waals surface area contributed by atoms with E-state index in [1.54, 1.807) is 12.1 Å². The first kappa shape index (κ1) is 16.6. The lowest BCUT2D eigenvalue weighted by molar-refractivity contribution is -0.131. The van der Waals surface area contributed by atoms with Gasteiger partial charge in [-0.2, -0.15) is 0 Å². The number of amides is 2. The first-order chi connectivity index (χ1) is 10.5. The number of hydrogen-bond donors (Lipinski definition) is 2. The quantitative estimate of drug-likeness (QED) is 0.866. The van der Waals surface area contributed by atoms with Crippen molar-refractivity contribution in [1.29, 1.82) is 0 Å². The lowest BCUT2D eigenvalue weighted by Gasteiger charge is -2.13. The van der Waals surface area contributed by atoms with Crippen molar-refractivity contribution < 1.29 is 19.1 Å². The molecule has 1 fully saturated rings. The number of methoxy groups -OCH3 is 1. The first-order valence-electron chi connectivity index (χ1n) is 7.04. The summed E-state index contributed by atoms with van der Waals surface area (Å²) in [4.78, 5) is 23.7. The number of benzene rings is 1. The van der Waals surface area contributed by atoms with Gasteiger partial charge in [0.15, 0.2) is 0 Å². The smallest absolute Gasteiger partial charge is 0.249 e. The molecule has 1 unspecified atom stereocenters. The maximum atomic E-state index is 11.9. The van der Waals surface area contributed by atoms with Crippen LogP contribution in [-0.4, -0.2) is 38.2 Å². The van der Waals surface area contributed by atoms with Gasteiger partial charge < -0.3 is 20.1 Å². The standard InChI is InChI=1S/C15H19ClN2O4/c1-9-6-11(13(21-2)7-10(9)16)18-14(19)8-17-15(20)12-4-3-5-22-12/h6-7,12H,3-5,8H2,1-2H3,(H,17,20)(H,18,19). The second-order valence-corrected chi connectivity index (χ2v) is 5.48. The fourth-order valence-corrected chi connectivity index (χ4v) is 2.34. The molecule has 2 N–H and O–H groups in total. The number of hydrogen-bond acceptors (Lipinski definition) is 4. The summed E-state index contributed by atoms with van der Waals surface area (Å²) in [6, 6.07) is 3.36. The molecule has 1 atom stereocenters. The van der Waals surface area contributed by atoms with Gasteiger partial charge in [-0.3, -0.25) is 9.59 Å². The molecule has 0 radical (unpaired) electrons. The normalized spacial score (nSPS) is 17.1. The zero-order chi connectivity index (χ0) is 16.1. The molecule has 6 nitrogen and oxygen atoms in total. The van der Waals surface area contributed by atoms with Gasteiger partial charge in [0.2, 0.25) is 11.8 Å². The number of carbonyl (C=O) groups is 2.